The summed E-state index contributed by atoms with van der Waals surface area (Å²) in [5.41, 5.74) is 0. The Balaban J connectivity index is -0.00000000595. The molecule has 2 radical (unpaired) electrons. The van der Waals surface area contributed by atoms with Gasteiger partial charge in [0.2, 0.25) is 0 Å². The Labute approximate surface area is 241 Å². The Morgan fingerprint density at radius 1 is 0.360 bits per heavy atom. The molecule has 146 valence electrons. The average Bonchev–Trinajstić information content (AvgIpc) is 2.23. The standard InChI is InChI=1S/2Co.2K.6HNO2.3H2O/c;;;;6*2-1-3;;;/h;;;;6*(H,2,3);3*1H2/q2*+2;2*+1;;;;;;;;;/p-6. The van der Waals surface area contributed by atoms with Crippen LogP contribution in [0, 0.1) is 60.7 Å². The molecule has 0 amide bonds. The van der Waals surface area contributed by atoms with E-state index in [2.05, 4.69) is 0 Å². The summed E-state index contributed by atoms with van der Waals surface area (Å²) in [7, 11) is 0. The summed E-state index contributed by atoms with van der Waals surface area (Å²) in [5, 5.41) is 54.0. The molecule has 0 aliphatic heterocycles. The molecule has 25 heteroatoms. The molecule has 0 saturated carbocycles. The van der Waals surface area contributed by atoms with E-state index >= 15 is 0 Å². The van der Waals surface area contributed by atoms with Crippen molar-refractivity contribution in [3.05, 3.63) is 60.7 Å². The predicted octanol–water partition coefficient (Wildman–Crippen LogP) is -6.97. The van der Waals surface area contributed by atoms with Gasteiger partial charge in [0, 0.05) is 0 Å². The van der Waals surface area contributed by atoms with E-state index in [9.17, 15) is 0 Å². The minimum Gasteiger partial charge on any atom is -0.444 e. The van der Waals surface area contributed by atoms with Gasteiger partial charge in [-0.25, -0.2) is 0 Å². The van der Waals surface area contributed by atoms with Gasteiger partial charge in [0.1, 0.15) is 0 Å². The van der Waals surface area contributed by atoms with Crippen LogP contribution in [0.1, 0.15) is 0 Å². The predicted molar refractivity (Wildman–Crippen MR) is 65.8 cm³/mol. The third kappa shape index (κ3) is 39100. The average molecular weight is 526 g/mol. The molecule has 25 heavy (non-hydrogen) atoms. The maximum Gasteiger partial charge on any atom is 2.00 e. The number of nitrogens with zero attached hydrogens (tertiary/aromatic N) is 6. The molecule has 0 aliphatic rings. The molecule has 0 rings (SSSR count). The first-order valence-corrected chi connectivity index (χ1v) is 2.19. The maximum absolute atomic E-state index is 8.00. The van der Waals surface area contributed by atoms with Crippen LogP contribution in [0.5, 0.6) is 0 Å². The van der Waals surface area contributed by atoms with Gasteiger partial charge in [0.05, 0.1) is 0 Å². The number of hydrogen-bond acceptors (Lipinski definition) is 18. The molecule has 0 aromatic rings. The van der Waals surface area contributed by atoms with Crippen molar-refractivity contribution < 1.29 is 153 Å². The second-order valence-electron chi connectivity index (χ2n) is 0.447. The third-order valence-electron chi connectivity index (χ3n) is 0. The van der Waals surface area contributed by atoms with E-state index in [-0.39, 0.29) is 153 Å². The molecule has 0 bridgehead atoms. The van der Waals surface area contributed by atoms with E-state index in [0.29, 0.717) is 0 Å². The summed E-state index contributed by atoms with van der Waals surface area (Å²) in [6.07, 6.45) is 0. The van der Waals surface area contributed by atoms with Crippen LogP contribution in [0.25, 0.3) is 0 Å². The van der Waals surface area contributed by atoms with Crippen molar-refractivity contribution in [1.82, 2.24) is 0 Å². The molecule has 0 heterocycles. The van der Waals surface area contributed by atoms with Crippen LogP contribution in [0.15, 0.2) is 32.0 Å². The van der Waals surface area contributed by atoms with Crippen molar-refractivity contribution in [2.45, 2.75) is 0 Å². The van der Waals surface area contributed by atoms with Crippen molar-refractivity contribution >= 4 is 0 Å². The molecule has 0 aromatic carbocycles. The molecule has 0 atom stereocenters. The van der Waals surface area contributed by atoms with Gasteiger partial charge < -0.3 is 77.1 Å². The van der Waals surface area contributed by atoms with Gasteiger partial charge in [0.15, 0.2) is 0 Å². The Bertz CT molecular complexity index is 130. The molecule has 6 N–H and O–H groups in total. The summed E-state index contributed by atoms with van der Waals surface area (Å²) in [4.78, 5) is 48.0. The number of hydrogen-bond donors (Lipinski definition) is 0. The van der Waals surface area contributed by atoms with E-state index in [0.717, 1.165) is 32.0 Å². The SMILES string of the molecule is O.O.O.O=N[O-].O=N[O-].O=N[O-].O=N[O-].O=N[O-].O=N[O-].[Co+2].[Co+2].[K+].[K+]. The fourth-order valence-corrected chi connectivity index (χ4v) is 0. The zero-order valence-electron chi connectivity index (χ0n) is 11.7. The van der Waals surface area contributed by atoms with Gasteiger partial charge in [-0.15, -0.1) is 32.0 Å². The smallest absolute Gasteiger partial charge is 0.444 e. The summed E-state index contributed by atoms with van der Waals surface area (Å²) in [6, 6.07) is 0. The Kier molecular flexibility index (Phi) is 1240. The minimum absolute atomic E-state index is 0. The van der Waals surface area contributed by atoms with E-state index in [1.54, 1.807) is 0 Å². The summed E-state index contributed by atoms with van der Waals surface area (Å²) >= 11 is 0. The molecule has 0 spiro atoms. The normalized spacial score (nSPS) is 2.88. The first-order valence-electron chi connectivity index (χ1n) is 2.19. The Hall–Kier alpha value is 0.566. The Morgan fingerprint density at radius 2 is 0.360 bits per heavy atom. The molecule has 0 aromatic heterocycles. The fourth-order valence-electron chi connectivity index (χ4n) is 0. The van der Waals surface area contributed by atoms with Crippen molar-refractivity contribution in [3.8, 4) is 0 Å². The second-order valence-corrected chi connectivity index (χ2v) is 0.447. The van der Waals surface area contributed by atoms with Gasteiger partial charge in [-0.2, -0.15) is 0 Å². The van der Waals surface area contributed by atoms with Gasteiger partial charge in [-0.3, -0.25) is 0 Å². The molecule has 0 fully saturated rings. The monoisotopic (exact) mass is 526 g/mol. The van der Waals surface area contributed by atoms with Crippen LogP contribution in [-0.4, -0.2) is 16.4 Å². The van der Waals surface area contributed by atoms with Gasteiger partial charge in [-0.05, 0) is 0 Å². The van der Waals surface area contributed by atoms with Crippen LogP contribution in [0.4, 0.5) is 0 Å². The summed E-state index contributed by atoms with van der Waals surface area (Å²) in [5.74, 6) is 0. The molecule has 0 aliphatic carbocycles. The zero-order valence-corrected chi connectivity index (χ0v) is 20.1. The van der Waals surface area contributed by atoms with Crippen LogP contribution in [-0.2, 0) is 33.6 Å². The second kappa shape index (κ2) is 316. The first kappa shape index (κ1) is 97.7. The first-order chi connectivity index (χ1) is 8.49. The van der Waals surface area contributed by atoms with Crippen LogP contribution in [0.2, 0.25) is 0 Å². The third-order valence-corrected chi connectivity index (χ3v) is 0. The summed E-state index contributed by atoms with van der Waals surface area (Å²) in [6.45, 7) is 0. The summed E-state index contributed by atoms with van der Waals surface area (Å²) < 4.78 is 0. The van der Waals surface area contributed by atoms with E-state index in [1.807, 2.05) is 0 Å². The van der Waals surface area contributed by atoms with Crippen LogP contribution < -0.4 is 103 Å². The fraction of sp³-hybridized carbons (Fsp3) is 0. The van der Waals surface area contributed by atoms with E-state index in [1.165, 1.54) is 0 Å². The van der Waals surface area contributed by atoms with E-state index < -0.39 is 0 Å². The zero-order chi connectivity index (χ0) is 16.2. The maximum atomic E-state index is 8.00. The molecule has 21 nitrogen and oxygen atoms in total. The minimum atomic E-state index is 0. The molecule has 0 saturated heterocycles. The molecular weight excluding hydrogens is 520 g/mol. The van der Waals surface area contributed by atoms with Gasteiger partial charge >= 0.3 is 136 Å². The van der Waals surface area contributed by atoms with Crippen molar-refractivity contribution in [2.24, 2.45) is 32.0 Å². The largest absolute Gasteiger partial charge is 2.00 e. The van der Waals surface area contributed by atoms with Crippen molar-refractivity contribution in [2.75, 3.05) is 0 Å². The van der Waals surface area contributed by atoms with Crippen molar-refractivity contribution in [1.29, 1.82) is 0 Å². The Morgan fingerprint density at radius 3 is 0.360 bits per heavy atom. The van der Waals surface area contributed by atoms with Gasteiger partial charge in [0.25, 0.3) is 0 Å². The topological polar surface area (TPSA) is 409 Å². The van der Waals surface area contributed by atoms with E-state index in [4.69, 9.17) is 60.7 Å². The molecule has 0 unspecified atom stereocenters. The quantitative estimate of drug-likeness (QED) is 0.161. The molecular formula is H6Co2K2N6O15. The number of rotatable bonds is 0. The van der Waals surface area contributed by atoms with Crippen molar-refractivity contribution in [3.63, 3.8) is 0 Å². The van der Waals surface area contributed by atoms with Crippen LogP contribution in [0.3, 0.4) is 0 Å². The van der Waals surface area contributed by atoms with Crippen LogP contribution >= 0.6 is 0 Å². The van der Waals surface area contributed by atoms with Gasteiger partial charge in [-0.1, -0.05) is 0 Å².